The van der Waals surface area contributed by atoms with Gasteiger partial charge in [0.1, 0.15) is 11.2 Å². The lowest BCUT2D eigenvalue weighted by atomic mass is 9.71. The molecule has 2 aliphatic heterocycles. The number of carboxylic acid groups (broad SMARTS) is 1. The van der Waals surface area contributed by atoms with Gasteiger partial charge in [-0.15, -0.1) is 0 Å². The predicted molar refractivity (Wildman–Crippen MR) is 124 cm³/mol. The first kappa shape index (κ1) is 26.9. The van der Waals surface area contributed by atoms with Crippen molar-refractivity contribution in [3.63, 3.8) is 0 Å². The zero-order chi connectivity index (χ0) is 26.6. The van der Waals surface area contributed by atoms with Crippen molar-refractivity contribution in [2.75, 3.05) is 39.3 Å². The van der Waals surface area contributed by atoms with Crippen LogP contribution in [0.3, 0.4) is 0 Å². The number of rotatable bonds is 8. The van der Waals surface area contributed by atoms with Crippen molar-refractivity contribution in [1.82, 2.24) is 20.4 Å². The summed E-state index contributed by atoms with van der Waals surface area (Å²) in [7, 11) is -1.59. The van der Waals surface area contributed by atoms with Gasteiger partial charge in [-0.2, -0.15) is 0 Å². The number of benzene rings is 1. The van der Waals surface area contributed by atoms with E-state index < -0.39 is 67.9 Å². The summed E-state index contributed by atoms with van der Waals surface area (Å²) in [5, 5.41) is 34.6. The number of amides is 5. The molecule has 0 spiro atoms. The third-order valence-corrected chi connectivity index (χ3v) is 6.35. The molecule has 14 nitrogen and oxygen atoms in total. The minimum Gasteiger partial charge on any atom is -0.534 e. The third kappa shape index (κ3) is 5.12. The van der Waals surface area contributed by atoms with E-state index in [4.69, 9.17) is 10.4 Å². The third-order valence-electron chi connectivity index (χ3n) is 6.35. The van der Waals surface area contributed by atoms with Gasteiger partial charge in [0.05, 0.1) is 18.1 Å². The van der Waals surface area contributed by atoms with Crippen LogP contribution in [0.4, 0.5) is 4.79 Å². The Balaban J connectivity index is 1.68. The fraction of sp³-hybridized carbons (Fsp3) is 0.476. The van der Waals surface area contributed by atoms with Crippen LogP contribution >= 0.6 is 0 Å². The van der Waals surface area contributed by atoms with E-state index in [1.165, 1.54) is 17.0 Å². The highest BCUT2D eigenvalue weighted by Crippen LogP contribution is 2.30. The Labute approximate surface area is 206 Å². The fourth-order valence-electron chi connectivity index (χ4n) is 3.99. The van der Waals surface area contributed by atoms with Gasteiger partial charge in [0.15, 0.2) is 0 Å². The topological polar surface area (TPSA) is 212 Å². The second-order valence-electron chi connectivity index (χ2n) is 8.53. The molecule has 7 N–H and O–H groups in total. The second kappa shape index (κ2) is 10.9. The number of nitrogens with two attached hydrogens (primary N) is 1. The second-order valence-corrected chi connectivity index (χ2v) is 8.53. The first-order valence-electron chi connectivity index (χ1n) is 11.3. The summed E-state index contributed by atoms with van der Waals surface area (Å²) < 4.78 is 5.35. The number of piperazine rings is 1. The molecule has 0 aliphatic carbocycles. The minimum absolute atomic E-state index is 0.00936. The van der Waals surface area contributed by atoms with E-state index in [-0.39, 0.29) is 30.8 Å². The Morgan fingerprint density at radius 2 is 1.97 bits per heavy atom. The van der Waals surface area contributed by atoms with Gasteiger partial charge in [0.2, 0.25) is 5.91 Å². The maximum absolute atomic E-state index is 13.1. The van der Waals surface area contributed by atoms with E-state index >= 15 is 0 Å². The molecule has 5 amide bonds. The maximum Gasteiger partial charge on any atom is 0.547 e. The molecule has 0 aromatic heterocycles. The Bertz CT molecular complexity index is 1060. The summed E-state index contributed by atoms with van der Waals surface area (Å²) in [6.07, 6.45) is 0.0279. The fourth-order valence-corrected chi connectivity index (χ4v) is 3.99. The van der Waals surface area contributed by atoms with E-state index in [1.807, 2.05) is 0 Å². The number of carbonyl (C=O) groups excluding carboxylic acids is 4. The number of fused-ring (bicyclic) bond motifs is 1. The summed E-state index contributed by atoms with van der Waals surface area (Å²) in [6.45, 7) is 0.499. The molecule has 0 bridgehead atoms. The Morgan fingerprint density at radius 3 is 2.58 bits per heavy atom. The van der Waals surface area contributed by atoms with Gasteiger partial charge in [-0.25, -0.2) is 9.59 Å². The molecule has 1 saturated heterocycles. The van der Waals surface area contributed by atoms with Gasteiger partial charge in [-0.1, -0.05) is 12.1 Å². The number of carboxylic acids is 1. The van der Waals surface area contributed by atoms with Crippen LogP contribution in [0.1, 0.15) is 22.8 Å². The molecule has 3 rings (SSSR count). The van der Waals surface area contributed by atoms with E-state index in [9.17, 15) is 39.2 Å². The number of nitrogens with zero attached hydrogens (tertiary/aromatic N) is 2. The molecule has 2 atom stereocenters. The maximum atomic E-state index is 13.1. The number of nitrogens with one attached hydrogen (secondary N) is 2. The molecule has 2 aliphatic rings. The molecule has 0 radical (unpaired) electrons. The van der Waals surface area contributed by atoms with E-state index in [2.05, 4.69) is 10.6 Å². The number of imide groups is 1. The highest BCUT2D eigenvalue weighted by molar-refractivity contribution is 6.47. The molecule has 36 heavy (non-hydrogen) atoms. The zero-order valence-electron chi connectivity index (χ0n) is 19.6. The number of hydrogen-bond acceptors (Lipinski definition) is 9. The largest absolute Gasteiger partial charge is 0.547 e. The van der Waals surface area contributed by atoms with Crippen molar-refractivity contribution in [3.05, 3.63) is 29.3 Å². The molecular formula is C21H28BN5O9. The normalized spacial score (nSPS) is 19.2. The summed E-state index contributed by atoms with van der Waals surface area (Å²) in [5.41, 5.74) is 4.34. The minimum atomic E-state index is -1.73. The molecule has 1 aromatic rings. The molecule has 1 fully saturated rings. The van der Waals surface area contributed by atoms with Crippen molar-refractivity contribution in [2.24, 2.45) is 11.1 Å². The highest BCUT2D eigenvalue weighted by atomic mass is 16.5. The standard InChI is InChI=1S/C21H28BN5O9/c1-2-26-6-7-27(17(30)16(26)29)20(34)24-10-21(9-23,11-28)19(33)25-14-8-12-4-3-5-13(18(31)32)15(12)36-22(14)35/h3-5,14,28,35H,2,6-11,23H2,1H3,(H,24,34)(H,25,33)(H,31,32)/t14-,21?/m0/s1. The number of urea groups is 1. The SMILES string of the molecule is CCN1CCN(C(=O)NCC(CN)(CO)C(=O)N[C@H]2Cc3cccc(C(=O)O)c3OB2O)C(=O)C1=O. The Kier molecular flexibility index (Phi) is 8.17. The van der Waals surface area contributed by atoms with Crippen LogP contribution in [0.2, 0.25) is 0 Å². The van der Waals surface area contributed by atoms with Crippen molar-refractivity contribution < 1.29 is 43.9 Å². The van der Waals surface area contributed by atoms with E-state index in [0.717, 1.165) is 4.90 Å². The lowest BCUT2D eigenvalue weighted by molar-refractivity contribution is -0.153. The monoisotopic (exact) mass is 505 g/mol. The van der Waals surface area contributed by atoms with Crippen LogP contribution in [0.5, 0.6) is 5.75 Å². The van der Waals surface area contributed by atoms with Crippen LogP contribution < -0.4 is 21.0 Å². The van der Waals surface area contributed by atoms with E-state index in [1.54, 1.807) is 13.0 Å². The van der Waals surface area contributed by atoms with Crippen LogP contribution in [0.15, 0.2) is 18.2 Å². The van der Waals surface area contributed by atoms with Crippen LogP contribution in [-0.4, -0.2) is 107 Å². The van der Waals surface area contributed by atoms with Gasteiger partial charge in [0.25, 0.3) is 0 Å². The number of aliphatic hydroxyl groups is 1. The number of likely N-dealkylation sites (N-methyl/N-ethyl adjacent to an activating group) is 1. The zero-order valence-corrected chi connectivity index (χ0v) is 19.6. The highest BCUT2D eigenvalue weighted by Gasteiger charge is 2.44. The number of para-hydroxylation sites is 1. The van der Waals surface area contributed by atoms with Crippen molar-refractivity contribution >= 4 is 36.8 Å². The van der Waals surface area contributed by atoms with Gasteiger partial charge in [-0.3, -0.25) is 19.3 Å². The van der Waals surface area contributed by atoms with Gasteiger partial charge < -0.3 is 41.2 Å². The summed E-state index contributed by atoms with van der Waals surface area (Å²) >= 11 is 0. The smallest absolute Gasteiger partial charge is 0.534 e. The molecule has 1 aromatic carbocycles. The van der Waals surface area contributed by atoms with Crippen LogP contribution in [0, 0.1) is 5.41 Å². The lowest BCUT2D eigenvalue weighted by Gasteiger charge is -2.35. The number of carbonyl (C=O) groups is 5. The number of aromatic carboxylic acids is 1. The molecule has 2 heterocycles. The Hall–Kier alpha value is -3.69. The van der Waals surface area contributed by atoms with Gasteiger partial charge >= 0.3 is 30.9 Å². The molecule has 194 valence electrons. The van der Waals surface area contributed by atoms with Crippen molar-refractivity contribution in [3.8, 4) is 5.75 Å². The molecule has 15 heteroatoms. The van der Waals surface area contributed by atoms with Crippen molar-refractivity contribution in [2.45, 2.75) is 19.3 Å². The van der Waals surface area contributed by atoms with Gasteiger partial charge in [0, 0.05) is 32.7 Å². The number of aliphatic hydroxyl groups excluding tert-OH is 1. The summed E-state index contributed by atoms with van der Waals surface area (Å²) in [4.78, 5) is 63.4. The first-order valence-corrected chi connectivity index (χ1v) is 11.3. The lowest BCUT2D eigenvalue weighted by Crippen LogP contribution is -2.63. The van der Waals surface area contributed by atoms with Crippen molar-refractivity contribution in [1.29, 1.82) is 0 Å². The average molecular weight is 505 g/mol. The number of hydrogen-bond donors (Lipinski definition) is 6. The van der Waals surface area contributed by atoms with Crippen LogP contribution in [-0.2, 0) is 20.8 Å². The molecule has 1 unspecified atom stereocenters. The molecular weight excluding hydrogens is 477 g/mol. The first-order chi connectivity index (χ1) is 17.1. The summed E-state index contributed by atoms with van der Waals surface area (Å²) in [6, 6.07) is 3.49. The summed E-state index contributed by atoms with van der Waals surface area (Å²) in [5.74, 6) is -4.89. The van der Waals surface area contributed by atoms with Crippen LogP contribution in [0.25, 0.3) is 0 Å². The molecule has 0 saturated carbocycles. The van der Waals surface area contributed by atoms with E-state index in [0.29, 0.717) is 12.1 Å². The quantitative estimate of drug-likeness (QED) is 0.157. The Morgan fingerprint density at radius 1 is 1.25 bits per heavy atom. The average Bonchev–Trinajstić information content (AvgIpc) is 2.86. The predicted octanol–water partition coefficient (Wildman–Crippen LogP) is -2.84. The van der Waals surface area contributed by atoms with Gasteiger partial charge in [-0.05, 0) is 25.0 Å².